The Labute approximate surface area is 109 Å². The topological polar surface area (TPSA) is 90.5 Å². The van der Waals surface area contributed by atoms with Gasteiger partial charge in [0.2, 0.25) is 12.7 Å². The Balaban J connectivity index is 1.85. The summed E-state index contributed by atoms with van der Waals surface area (Å²) in [6.45, 7) is 0.219. The van der Waals surface area contributed by atoms with Gasteiger partial charge in [0.25, 0.3) is 0 Å². The van der Waals surface area contributed by atoms with Crippen LogP contribution in [0.1, 0.15) is 5.56 Å². The van der Waals surface area contributed by atoms with Crippen molar-refractivity contribution in [1.29, 1.82) is 5.41 Å². The maximum Gasteiger partial charge on any atom is 0.231 e. The molecule has 0 saturated carbocycles. The summed E-state index contributed by atoms with van der Waals surface area (Å²) in [5, 5.41) is 7.37. The Morgan fingerprint density at radius 3 is 2.89 bits per heavy atom. The molecule has 1 aliphatic heterocycles. The predicted octanol–water partition coefficient (Wildman–Crippen LogP) is 1.89. The van der Waals surface area contributed by atoms with Gasteiger partial charge in [0.1, 0.15) is 11.6 Å². The van der Waals surface area contributed by atoms with Gasteiger partial charge < -0.3 is 19.9 Å². The number of nitrogens with zero attached hydrogens (tertiary/aromatic N) is 1. The SMILES string of the molecule is N=C(N)c1ccnc(Oc2ccc3c(c2)OCO3)c1. The summed E-state index contributed by atoms with van der Waals surface area (Å²) in [5.74, 6) is 2.25. The third-order valence-electron chi connectivity index (χ3n) is 2.61. The summed E-state index contributed by atoms with van der Waals surface area (Å²) in [5.41, 5.74) is 5.97. The van der Waals surface area contributed by atoms with Crippen LogP contribution < -0.4 is 19.9 Å². The van der Waals surface area contributed by atoms with Gasteiger partial charge in [-0.15, -0.1) is 0 Å². The van der Waals surface area contributed by atoms with Gasteiger partial charge in [-0.2, -0.15) is 0 Å². The smallest absolute Gasteiger partial charge is 0.231 e. The van der Waals surface area contributed by atoms with Crippen LogP contribution >= 0.6 is 0 Å². The van der Waals surface area contributed by atoms with E-state index in [1.54, 1.807) is 36.5 Å². The molecule has 1 aromatic heterocycles. The Hall–Kier alpha value is -2.76. The fourth-order valence-corrected chi connectivity index (χ4v) is 1.69. The fraction of sp³-hybridized carbons (Fsp3) is 0.0769. The average Bonchev–Trinajstić information content (AvgIpc) is 2.86. The van der Waals surface area contributed by atoms with Crippen molar-refractivity contribution in [3.05, 3.63) is 42.1 Å². The normalized spacial score (nSPS) is 12.2. The van der Waals surface area contributed by atoms with Crippen molar-refractivity contribution in [3.63, 3.8) is 0 Å². The number of amidine groups is 1. The first kappa shape index (κ1) is 11.3. The summed E-state index contributed by atoms with van der Waals surface area (Å²) in [6, 6.07) is 8.51. The lowest BCUT2D eigenvalue weighted by Crippen LogP contribution is -2.11. The Bertz CT molecular complexity index is 643. The molecular weight excluding hydrogens is 246 g/mol. The Morgan fingerprint density at radius 1 is 1.21 bits per heavy atom. The van der Waals surface area contributed by atoms with E-state index in [4.69, 9.17) is 25.4 Å². The van der Waals surface area contributed by atoms with Crippen molar-refractivity contribution >= 4 is 5.84 Å². The Kier molecular flexibility index (Phi) is 2.68. The highest BCUT2D eigenvalue weighted by Gasteiger charge is 2.14. The lowest BCUT2D eigenvalue weighted by molar-refractivity contribution is 0.174. The fourth-order valence-electron chi connectivity index (χ4n) is 1.69. The molecule has 2 heterocycles. The quantitative estimate of drug-likeness (QED) is 0.647. The summed E-state index contributed by atoms with van der Waals surface area (Å²) in [6.07, 6.45) is 1.54. The highest BCUT2D eigenvalue weighted by Crippen LogP contribution is 2.36. The van der Waals surface area contributed by atoms with Gasteiger partial charge in [-0.3, -0.25) is 5.41 Å². The minimum Gasteiger partial charge on any atom is -0.454 e. The number of benzene rings is 1. The number of hydrogen-bond donors (Lipinski definition) is 2. The van der Waals surface area contributed by atoms with Crippen LogP contribution in [0.5, 0.6) is 23.1 Å². The number of pyridine rings is 1. The maximum atomic E-state index is 7.37. The standard InChI is InChI=1S/C13H11N3O3/c14-13(15)8-3-4-16-12(5-8)19-9-1-2-10-11(6-9)18-7-17-10/h1-6H,7H2,(H3,14,15). The molecule has 0 amide bonds. The van der Waals surface area contributed by atoms with Gasteiger partial charge >= 0.3 is 0 Å². The minimum atomic E-state index is -0.0297. The van der Waals surface area contributed by atoms with Crippen LogP contribution in [0.4, 0.5) is 0 Å². The van der Waals surface area contributed by atoms with E-state index >= 15 is 0 Å². The lowest BCUT2D eigenvalue weighted by Gasteiger charge is -2.06. The van der Waals surface area contributed by atoms with E-state index in [0.29, 0.717) is 28.7 Å². The van der Waals surface area contributed by atoms with Gasteiger partial charge in [-0.25, -0.2) is 4.98 Å². The number of nitrogens with two attached hydrogens (primary N) is 1. The van der Waals surface area contributed by atoms with Crippen LogP contribution in [0.2, 0.25) is 0 Å². The van der Waals surface area contributed by atoms with E-state index in [0.717, 1.165) is 0 Å². The van der Waals surface area contributed by atoms with Crippen LogP contribution in [0.25, 0.3) is 0 Å². The van der Waals surface area contributed by atoms with Crippen LogP contribution in [-0.2, 0) is 0 Å². The second kappa shape index (κ2) is 4.49. The summed E-state index contributed by atoms with van der Waals surface area (Å²) in [4.78, 5) is 4.06. The zero-order valence-electron chi connectivity index (χ0n) is 9.92. The second-order valence-corrected chi connectivity index (χ2v) is 3.91. The van der Waals surface area contributed by atoms with Gasteiger partial charge in [0.15, 0.2) is 11.5 Å². The van der Waals surface area contributed by atoms with Gasteiger partial charge in [-0.1, -0.05) is 0 Å². The highest BCUT2D eigenvalue weighted by molar-refractivity contribution is 5.95. The largest absolute Gasteiger partial charge is 0.454 e. The summed E-state index contributed by atoms with van der Waals surface area (Å²) in [7, 11) is 0. The van der Waals surface area contributed by atoms with Crippen LogP contribution in [0.15, 0.2) is 36.5 Å². The molecule has 6 nitrogen and oxygen atoms in total. The molecule has 0 spiro atoms. The predicted molar refractivity (Wildman–Crippen MR) is 67.9 cm³/mol. The molecule has 0 saturated heterocycles. The third kappa shape index (κ3) is 2.28. The summed E-state index contributed by atoms with van der Waals surface area (Å²) < 4.78 is 16.1. The first-order valence-corrected chi connectivity index (χ1v) is 5.60. The number of ether oxygens (including phenoxy) is 3. The lowest BCUT2D eigenvalue weighted by atomic mass is 10.2. The minimum absolute atomic E-state index is 0.0297. The second-order valence-electron chi connectivity index (χ2n) is 3.91. The molecule has 3 N–H and O–H groups in total. The molecule has 0 bridgehead atoms. The van der Waals surface area contributed by atoms with E-state index < -0.39 is 0 Å². The van der Waals surface area contributed by atoms with Crippen molar-refractivity contribution in [1.82, 2.24) is 4.98 Å². The molecule has 3 rings (SSSR count). The molecule has 0 unspecified atom stereocenters. The van der Waals surface area contributed by atoms with Crippen LogP contribution in [0, 0.1) is 5.41 Å². The third-order valence-corrected chi connectivity index (χ3v) is 2.61. The summed E-state index contributed by atoms with van der Waals surface area (Å²) >= 11 is 0. The number of rotatable bonds is 3. The van der Waals surface area contributed by atoms with Crippen LogP contribution in [-0.4, -0.2) is 17.6 Å². The van der Waals surface area contributed by atoms with E-state index in [-0.39, 0.29) is 12.6 Å². The van der Waals surface area contributed by atoms with Crippen molar-refractivity contribution < 1.29 is 14.2 Å². The first-order valence-electron chi connectivity index (χ1n) is 5.60. The number of aromatic nitrogens is 1. The van der Waals surface area contributed by atoms with E-state index in [1.807, 2.05) is 0 Å². The Morgan fingerprint density at radius 2 is 2.05 bits per heavy atom. The molecular formula is C13H11N3O3. The van der Waals surface area contributed by atoms with E-state index in [2.05, 4.69) is 4.98 Å². The van der Waals surface area contributed by atoms with Crippen molar-refractivity contribution in [3.8, 4) is 23.1 Å². The number of nitrogen functional groups attached to an aromatic ring is 1. The number of fused-ring (bicyclic) bond motifs is 1. The monoisotopic (exact) mass is 257 g/mol. The molecule has 0 aliphatic carbocycles. The zero-order chi connectivity index (χ0) is 13.2. The van der Waals surface area contributed by atoms with Crippen molar-refractivity contribution in [2.75, 3.05) is 6.79 Å². The molecule has 1 aromatic carbocycles. The number of nitrogens with one attached hydrogen (secondary N) is 1. The van der Waals surface area contributed by atoms with Crippen LogP contribution in [0.3, 0.4) is 0 Å². The molecule has 1 aliphatic rings. The molecule has 0 radical (unpaired) electrons. The molecule has 0 fully saturated rings. The van der Waals surface area contributed by atoms with E-state index in [1.165, 1.54) is 0 Å². The zero-order valence-corrected chi connectivity index (χ0v) is 9.92. The molecule has 2 aromatic rings. The molecule has 6 heteroatoms. The van der Waals surface area contributed by atoms with Gasteiger partial charge in [0.05, 0.1) is 0 Å². The van der Waals surface area contributed by atoms with Crippen molar-refractivity contribution in [2.24, 2.45) is 5.73 Å². The van der Waals surface area contributed by atoms with Gasteiger partial charge in [-0.05, 0) is 18.2 Å². The number of hydrogen-bond acceptors (Lipinski definition) is 5. The van der Waals surface area contributed by atoms with Crippen molar-refractivity contribution in [2.45, 2.75) is 0 Å². The maximum absolute atomic E-state index is 7.37. The molecule has 19 heavy (non-hydrogen) atoms. The first-order chi connectivity index (χ1) is 9.22. The average molecular weight is 257 g/mol. The molecule has 0 atom stereocenters. The van der Waals surface area contributed by atoms with E-state index in [9.17, 15) is 0 Å². The van der Waals surface area contributed by atoms with Gasteiger partial charge in [0, 0.05) is 23.9 Å². The highest BCUT2D eigenvalue weighted by atomic mass is 16.7. The molecule has 96 valence electrons.